The summed E-state index contributed by atoms with van der Waals surface area (Å²) in [6.07, 6.45) is 0. The van der Waals surface area contributed by atoms with Crippen molar-refractivity contribution in [2.24, 2.45) is 0 Å². The van der Waals surface area contributed by atoms with Gasteiger partial charge in [-0.1, -0.05) is 42.5 Å². The van der Waals surface area contributed by atoms with Crippen molar-refractivity contribution >= 4 is 11.8 Å². The van der Waals surface area contributed by atoms with Crippen LogP contribution >= 0.6 is 0 Å². The van der Waals surface area contributed by atoms with Crippen molar-refractivity contribution < 1.29 is 23.8 Å². The lowest BCUT2D eigenvalue weighted by atomic mass is 10.0. The van der Waals surface area contributed by atoms with Crippen LogP contribution in [0.5, 0.6) is 11.5 Å². The number of rotatable bonds is 8. The first-order valence-corrected chi connectivity index (χ1v) is 8.82. The van der Waals surface area contributed by atoms with Crippen LogP contribution in [0.2, 0.25) is 0 Å². The zero-order valence-electron chi connectivity index (χ0n) is 15.5. The third-order valence-corrected chi connectivity index (χ3v) is 4.02. The molecule has 0 atom stereocenters. The van der Waals surface area contributed by atoms with E-state index in [0.29, 0.717) is 41.4 Å². The zero-order chi connectivity index (χ0) is 19.8. The number of methoxy groups -OCH3 is 1. The van der Waals surface area contributed by atoms with Crippen molar-refractivity contribution in [3.8, 4) is 11.5 Å². The van der Waals surface area contributed by atoms with E-state index >= 15 is 0 Å². The van der Waals surface area contributed by atoms with Crippen molar-refractivity contribution in [2.75, 3.05) is 20.3 Å². The van der Waals surface area contributed by atoms with E-state index in [1.807, 2.05) is 18.2 Å². The first-order chi connectivity index (χ1) is 13.7. The number of para-hydroxylation sites is 1. The Labute approximate surface area is 163 Å². The fourth-order valence-corrected chi connectivity index (χ4v) is 2.59. The van der Waals surface area contributed by atoms with Gasteiger partial charge in [-0.3, -0.25) is 4.79 Å². The molecule has 0 spiro atoms. The molecular formula is C23H20O5. The number of ether oxygens (including phenoxy) is 3. The highest BCUT2D eigenvalue weighted by Crippen LogP contribution is 2.22. The Morgan fingerprint density at radius 2 is 1.39 bits per heavy atom. The second-order valence-corrected chi connectivity index (χ2v) is 5.95. The summed E-state index contributed by atoms with van der Waals surface area (Å²) < 4.78 is 15.9. The minimum absolute atomic E-state index is 0.0876. The molecule has 0 saturated heterocycles. The molecule has 3 aromatic rings. The van der Waals surface area contributed by atoms with Gasteiger partial charge in [0.15, 0.2) is 5.78 Å². The molecule has 0 saturated carbocycles. The minimum atomic E-state index is -0.532. The molecule has 3 aromatic carbocycles. The van der Waals surface area contributed by atoms with Gasteiger partial charge in [-0.15, -0.1) is 0 Å². The van der Waals surface area contributed by atoms with Crippen LogP contribution in [0.25, 0.3) is 0 Å². The van der Waals surface area contributed by atoms with Gasteiger partial charge < -0.3 is 14.2 Å². The van der Waals surface area contributed by atoms with E-state index in [2.05, 4.69) is 0 Å². The Morgan fingerprint density at radius 1 is 0.750 bits per heavy atom. The summed E-state index contributed by atoms with van der Waals surface area (Å²) in [7, 11) is 1.58. The number of carbonyl (C=O) groups is 2. The summed E-state index contributed by atoms with van der Waals surface area (Å²) in [4.78, 5) is 24.9. The van der Waals surface area contributed by atoms with E-state index in [4.69, 9.17) is 14.2 Å². The number of benzene rings is 3. The first kappa shape index (κ1) is 19.3. The highest BCUT2D eigenvalue weighted by atomic mass is 16.5. The summed E-state index contributed by atoms with van der Waals surface area (Å²) in [5.74, 6) is 0.159. The number of hydrogen-bond donors (Lipinski definition) is 0. The molecule has 0 N–H and O–H groups in total. The molecule has 0 aromatic heterocycles. The minimum Gasteiger partial charge on any atom is -0.490 e. The molecule has 0 aliphatic heterocycles. The Bertz CT molecular complexity index is 933. The molecule has 0 aliphatic rings. The Kier molecular flexibility index (Phi) is 6.54. The largest absolute Gasteiger partial charge is 0.490 e. The fraction of sp³-hybridized carbons (Fsp3) is 0.130. The molecule has 0 unspecified atom stereocenters. The van der Waals surface area contributed by atoms with Crippen LogP contribution in [0, 0.1) is 0 Å². The molecule has 0 aliphatic carbocycles. The van der Waals surface area contributed by atoms with Gasteiger partial charge in [0.2, 0.25) is 0 Å². The van der Waals surface area contributed by atoms with E-state index < -0.39 is 5.97 Å². The van der Waals surface area contributed by atoms with Gasteiger partial charge in [-0.2, -0.15) is 0 Å². The quantitative estimate of drug-likeness (QED) is 0.256. The molecule has 5 nitrogen and oxygen atoms in total. The van der Waals surface area contributed by atoms with Crippen LogP contribution in [-0.4, -0.2) is 32.1 Å². The zero-order valence-corrected chi connectivity index (χ0v) is 15.5. The van der Waals surface area contributed by atoms with Crippen molar-refractivity contribution in [2.45, 2.75) is 0 Å². The predicted molar refractivity (Wildman–Crippen MR) is 105 cm³/mol. The fourth-order valence-electron chi connectivity index (χ4n) is 2.59. The van der Waals surface area contributed by atoms with Crippen molar-refractivity contribution in [1.29, 1.82) is 0 Å². The third kappa shape index (κ3) is 4.84. The lowest BCUT2D eigenvalue weighted by Gasteiger charge is -2.11. The van der Waals surface area contributed by atoms with Gasteiger partial charge in [-0.05, 0) is 36.4 Å². The monoisotopic (exact) mass is 376 g/mol. The second kappa shape index (κ2) is 9.48. The molecule has 0 fully saturated rings. The second-order valence-electron chi connectivity index (χ2n) is 5.95. The van der Waals surface area contributed by atoms with Crippen molar-refractivity contribution in [3.63, 3.8) is 0 Å². The molecule has 5 heteroatoms. The maximum atomic E-state index is 12.5. The van der Waals surface area contributed by atoms with E-state index in [0.717, 1.165) is 0 Å². The molecule has 142 valence electrons. The van der Waals surface area contributed by atoms with Crippen LogP contribution in [-0.2, 0) is 4.74 Å². The van der Waals surface area contributed by atoms with E-state index in [9.17, 15) is 9.59 Å². The van der Waals surface area contributed by atoms with Crippen molar-refractivity contribution in [1.82, 2.24) is 0 Å². The van der Waals surface area contributed by atoms with Gasteiger partial charge in [0.1, 0.15) is 23.7 Å². The molecule has 3 rings (SSSR count). The van der Waals surface area contributed by atoms with E-state index in [-0.39, 0.29) is 5.78 Å². The number of hydrogen-bond acceptors (Lipinski definition) is 5. The summed E-state index contributed by atoms with van der Waals surface area (Å²) in [5.41, 5.74) is 1.45. The maximum Gasteiger partial charge on any atom is 0.347 e. The van der Waals surface area contributed by atoms with Crippen molar-refractivity contribution in [3.05, 3.63) is 95.6 Å². The summed E-state index contributed by atoms with van der Waals surface area (Å²) >= 11 is 0. The van der Waals surface area contributed by atoms with Crippen LogP contribution < -0.4 is 9.47 Å². The average Bonchev–Trinajstić information content (AvgIpc) is 2.75. The van der Waals surface area contributed by atoms with Gasteiger partial charge >= 0.3 is 5.97 Å². The highest BCUT2D eigenvalue weighted by Gasteiger charge is 2.15. The van der Waals surface area contributed by atoms with Crippen LogP contribution in [0.3, 0.4) is 0 Å². The summed E-state index contributed by atoms with van der Waals surface area (Å²) in [6, 6.07) is 22.3. The van der Waals surface area contributed by atoms with Crippen LogP contribution in [0.15, 0.2) is 78.9 Å². The standard InChI is InChI=1S/C23H20O5/c1-26-15-16-27-21-10-6-5-9-20(21)23(25)28-19-13-11-18(12-14-19)22(24)17-7-3-2-4-8-17/h2-14H,15-16H2,1H3. The molecule has 28 heavy (non-hydrogen) atoms. The Morgan fingerprint density at radius 3 is 2.11 bits per heavy atom. The molecule has 0 bridgehead atoms. The lowest BCUT2D eigenvalue weighted by Crippen LogP contribution is -2.12. The normalized spacial score (nSPS) is 10.3. The van der Waals surface area contributed by atoms with Crippen LogP contribution in [0.4, 0.5) is 0 Å². The SMILES string of the molecule is COCCOc1ccccc1C(=O)Oc1ccc(C(=O)c2ccccc2)cc1. The Balaban J connectivity index is 1.69. The molecule has 0 amide bonds. The predicted octanol–water partition coefficient (Wildman–Crippen LogP) is 4.16. The summed E-state index contributed by atoms with van der Waals surface area (Å²) in [5, 5.41) is 0. The number of esters is 1. The van der Waals surface area contributed by atoms with Gasteiger partial charge in [0, 0.05) is 18.2 Å². The molecule has 0 radical (unpaired) electrons. The third-order valence-electron chi connectivity index (χ3n) is 4.02. The van der Waals surface area contributed by atoms with Crippen LogP contribution in [0.1, 0.15) is 26.3 Å². The lowest BCUT2D eigenvalue weighted by molar-refractivity contribution is 0.0727. The Hall–Kier alpha value is -3.44. The van der Waals surface area contributed by atoms with Gasteiger partial charge in [0.05, 0.1) is 6.61 Å². The average molecular weight is 376 g/mol. The first-order valence-electron chi connectivity index (χ1n) is 8.82. The smallest absolute Gasteiger partial charge is 0.347 e. The van der Waals surface area contributed by atoms with E-state index in [1.165, 1.54) is 0 Å². The summed E-state index contributed by atoms with van der Waals surface area (Å²) in [6.45, 7) is 0.747. The highest BCUT2D eigenvalue weighted by molar-refractivity contribution is 6.09. The van der Waals surface area contributed by atoms with Gasteiger partial charge in [-0.25, -0.2) is 4.79 Å². The number of carbonyl (C=O) groups excluding carboxylic acids is 2. The maximum absolute atomic E-state index is 12.5. The topological polar surface area (TPSA) is 61.8 Å². The molecular weight excluding hydrogens is 356 g/mol. The van der Waals surface area contributed by atoms with Gasteiger partial charge in [0.25, 0.3) is 0 Å². The van der Waals surface area contributed by atoms with E-state index in [1.54, 1.807) is 67.8 Å². The number of ketones is 1. The molecule has 0 heterocycles.